The second-order valence-electron chi connectivity index (χ2n) is 23.5. The molecule has 0 N–H and O–H groups in total. The Hall–Kier alpha value is -3.85. The molecule has 2 unspecified atom stereocenters. The van der Waals surface area contributed by atoms with Crippen molar-refractivity contribution in [2.24, 2.45) is 0 Å². The average Bonchev–Trinajstić information content (AvgIpc) is 3.61. The largest absolute Gasteiger partial charge is 0.756 e. The van der Waals surface area contributed by atoms with Crippen LogP contribution in [-0.4, -0.2) is 70.0 Å². The summed E-state index contributed by atoms with van der Waals surface area (Å²) < 4.78 is 34.2. The number of carbonyl (C=O) groups excluding carboxylic acids is 2. The van der Waals surface area contributed by atoms with Gasteiger partial charge >= 0.3 is 11.9 Å². The predicted molar refractivity (Wildman–Crippen MR) is 360 cm³/mol. The predicted octanol–water partition coefficient (Wildman–Crippen LogP) is 21.4. The van der Waals surface area contributed by atoms with Gasteiger partial charge in [-0.15, -0.1) is 0 Å². The molecule has 480 valence electrons. The van der Waals surface area contributed by atoms with E-state index in [9.17, 15) is 19.0 Å². The fourth-order valence-corrected chi connectivity index (χ4v) is 9.70. The van der Waals surface area contributed by atoms with Crippen molar-refractivity contribution in [1.29, 1.82) is 0 Å². The number of hydrogen-bond acceptors (Lipinski definition) is 8. The van der Waals surface area contributed by atoms with E-state index in [2.05, 4.69) is 148 Å². The summed E-state index contributed by atoms with van der Waals surface area (Å²) in [6.07, 6.45) is 92.3. The molecule has 0 heterocycles. The van der Waals surface area contributed by atoms with E-state index in [-0.39, 0.29) is 32.0 Å². The number of allylic oxidation sites excluding steroid dienone is 22. The third-order valence-corrected chi connectivity index (χ3v) is 15.1. The Morgan fingerprint density at radius 2 is 0.679 bits per heavy atom. The number of phosphoric acid groups is 1. The van der Waals surface area contributed by atoms with Gasteiger partial charge in [0.25, 0.3) is 7.82 Å². The molecule has 0 radical (unpaired) electrons. The second-order valence-corrected chi connectivity index (χ2v) is 24.9. The lowest BCUT2D eigenvalue weighted by atomic mass is 10.1. The molecule has 0 rings (SSSR count). The van der Waals surface area contributed by atoms with Crippen molar-refractivity contribution >= 4 is 19.8 Å². The van der Waals surface area contributed by atoms with Gasteiger partial charge in [-0.05, 0) is 116 Å². The van der Waals surface area contributed by atoms with Gasteiger partial charge in [-0.3, -0.25) is 14.2 Å². The van der Waals surface area contributed by atoms with E-state index in [0.717, 1.165) is 109 Å². The van der Waals surface area contributed by atoms with Gasteiger partial charge in [0, 0.05) is 12.8 Å². The molecule has 0 bridgehead atoms. The monoisotopic (exact) mass is 1190 g/mol. The van der Waals surface area contributed by atoms with Crippen LogP contribution in [0, 0.1) is 0 Å². The maximum atomic E-state index is 12.8. The molecule has 0 aromatic heterocycles. The zero-order valence-corrected chi connectivity index (χ0v) is 55.4. The van der Waals surface area contributed by atoms with Crippen molar-refractivity contribution in [3.8, 4) is 0 Å². The van der Waals surface area contributed by atoms with Crippen LogP contribution in [-0.2, 0) is 32.7 Å². The van der Waals surface area contributed by atoms with Crippen LogP contribution >= 0.6 is 7.82 Å². The first-order valence-corrected chi connectivity index (χ1v) is 35.4. The minimum Gasteiger partial charge on any atom is -0.756 e. The van der Waals surface area contributed by atoms with Crippen molar-refractivity contribution in [3.05, 3.63) is 134 Å². The molecule has 0 saturated heterocycles. The number of rotatable bonds is 61. The first-order valence-electron chi connectivity index (χ1n) is 33.9. The topological polar surface area (TPSA) is 111 Å². The summed E-state index contributed by atoms with van der Waals surface area (Å²) >= 11 is 0. The van der Waals surface area contributed by atoms with Crippen molar-refractivity contribution in [1.82, 2.24) is 0 Å². The fourth-order valence-electron chi connectivity index (χ4n) is 8.97. The quantitative estimate of drug-likeness (QED) is 0.0195. The molecular weight excluding hydrogens is 1060 g/mol. The number of esters is 2. The van der Waals surface area contributed by atoms with E-state index in [1.807, 2.05) is 21.1 Å². The number of phosphoric ester groups is 1. The first kappa shape index (κ1) is 80.2. The lowest BCUT2D eigenvalue weighted by molar-refractivity contribution is -0.870. The molecule has 0 fully saturated rings. The number of ether oxygens (including phenoxy) is 2. The van der Waals surface area contributed by atoms with Crippen LogP contribution in [0.1, 0.15) is 271 Å². The SMILES string of the molecule is CC/C=C\C/C=C\C/C=C\C/C=C\C/C=C\C/C=C\C/C=C\C/C=C\C/C=C\C/C=C\CCCCCCCCCCC(=O)OC(COC(=O)CCCCCCCCCCC/C=C\CCCCCCCCCC)COP(=O)([O-])OCC[N+](C)(C)C. The van der Waals surface area contributed by atoms with E-state index in [4.69, 9.17) is 18.5 Å². The summed E-state index contributed by atoms with van der Waals surface area (Å²) in [7, 11) is 1.15. The highest BCUT2D eigenvalue weighted by Gasteiger charge is 2.22. The summed E-state index contributed by atoms with van der Waals surface area (Å²) in [5, 5.41) is 0. The maximum absolute atomic E-state index is 12.8. The highest BCUT2D eigenvalue weighted by Crippen LogP contribution is 2.38. The van der Waals surface area contributed by atoms with Gasteiger partial charge in [-0.1, -0.05) is 276 Å². The smallest absolute Gasteiger partial charge is 0.306 e. The van der Waals surface area contributed by atoms with Crippen LogP contribution in [0.15, 0.2) is 134 Å². The number of carbonyl (C=O) groups is 2. The zero-order chi connectivity index (χ0) is 61.2. The summed E-state index contributed by atoms with van der Waals surface area (Å²) in [6.45, 7) is 4.12. The zero-order valence-electron chi connectivity index (χ0n) is 54.6. The molecule has 0 aromatic carbocycles. The molecule has 0 amide bonds. The van der Waals surface area contributed by atoms with Crippen LogP contribution < -0.4 is 4.89 Å². The summed E-state index contributed by atoms with van der Waals surface area (Å²) in [5.41, 5.74) is 0. The minimum absolute atomic E-state index is 0.0385. The number of nitrogens with zero attached hydrogens (tertiary/aromatic N) is 1. The molecular formula is C74H126NO8P. The Kier molecular flexibility index (Phi) is 60.7. The molecule has 0 aliphatic rings. The number of hydrogen-bond donors (Lipinski definition) is 0. The first-order chi connectivity index (χ1) is 41.0. The number of quaternary nitrogens is 1. The molecule has 0 aliphatic carbocycles. The van der Waals surface area contributed by atoms with Gasteiger partial charge in [-0.25, -0.2) is 0 Å². The molecule has 2 atom stereocenters. The van der Waals surface area contributed by atoms with E-state index >= 15 is 0 Å². The van der Waals surface area contributed by atoms with E-state index in [0.29, 0.717) is 17.4 Å². The van der Waals surface area contributed by atoms with Gasteiger partial charge in [0.1, 0.15) is 19.8 Å². The molecule has 10 heteroatoms. The molecule has 0 aliphatic heterocycles. The highest BCUT2D eigenvalue weighted by atomic mass is 31.2. The summed E-state index contributed by atoms with van der Waals surface area (Å²) in [5.74, 6) is -0.847. The second kappa shape index (κ2) is 63.6. The van der Waals surface area contributed by atoms with Gasteiger partial charge < -0.3 is 27.9 Å². The number of unbranched alkanes of at least 4 members (excludes halogenated alkanes) is 25. The molecule has 9 nitrogen and oxygen atoms in total. The lowest BCUT2D eigenvalue weighted by Gasteiger charge is -2.28. The average molecular weight is 1190 g/mol. The van der Waals surface area contributed by atoms with Crippen molar-refractivity contribution in [2.45, 2.75) is 277 Å². The Balaban J connectivity index is 4.13. The lowest BCUT2D eigenvalue weighted by Crippen LogP contribution is -2.37. The van der Waals surface area contributed by atoms with Crippen LogP contribution in [0.4, 0.5) is 0 Å². The Morgan fingerprint density at radius 1 is 0.381 bits per heavy atom. The van der Waals surface area contributed by atoms with E-state index < -0.39 is 26.5 Å². The van der Waals surface area contributed by atoms with Gasteiger partial charge in [0.2, 0.25) is 0 Å². The third kappa shape index (κ3) is 67.3. The van der Waals surface area contributed by atoms with Crippen molar-refractivity contribution in [2.75, 3.05) is 47.5 Å². The molecule has 84 heavy (non-hydrogen) atoms. The molecule has 0 spiro atoms. The third-order valence-electron chi connectivity index (χ3n) is 14.2. The van der Waals surface area contributed by atoms with Gasteiger partial charge in [0.15, 0.2) is 6.10 Å². The van der Waals surface area contributed by atoms with Crippen LogP contribution in [0.2, 0.25) is 0 Å². The van der Waals surface area contributed by atoms with Crippen LogP contribution in [0.5, 0.6) is 0 Å². The van der Waals surface area contributed by atoms with Crippen molar-refractivity contribution in [3.63, 3.8) is 0 Å². The Labute approximate surface area is 517 Å². The Bertz CT molecular complexity index is 1880. The van der Waals surface area contributed by atoms with Crippen molar-refractivity contribution < 1.29 is 42.1 Å². The fraction of sp³-hybridized carbons (Fsp3) is 0.676. The minimum atomic E-state index is -4.65. The van der Waals surface area contributed by atoms with Crippen LogP contribution in [0.3, 0.4) is 0 Å². The van der Waals surface area contributed by atoms with Gasteiger partial charge in [0.05, 0.1) is 27.7 Å². The summed E-state index contributed by atoms with van der Waals surface area (Å²) in [4.78, 5) is 38.0. The van der Waals surface area contributed by atoms with E-state index in [1.165, 1.54) is 128 Å². The summed E-state index contributed by atoms with van der Waals surface area (Å²) in [6, 6.07) is 0. The van der Waals surface area contributed by atoms with Crippen LogP contribution in [0.25, 0.3) is 0 Å². The normalized spacial score (nSPS) is 14.0. The highest BCUT2D eigenvalue weighted by molar-refractivity contribution is 7.45. The molecule has 0 saturated carbocycles. The molecule has 0 aromatic rings. The standard InChI is InChI=1S/C74H126NO8P/c1-6-8-10-12-14-16-18-20-22-24-26-28-29-30-31-32-33-34-35-36-37-38-39-40-41-42-43-44-45-47-49-51-53-55-57-59-61-63-65-67-74(77)83-72(71-82-84(78,79)81-69-68-75(3,4)5)70-80-73(76)66-64-62-60-58-56-54-52-50-48-46-27-25-23-21-19-17-15-13-11-9-7-2/h8,10,14,16,20,22,25-28,30-31,33-34,36-37,39-40,42-43,45,47,72H,6-7,9,11-13,15,17-19,21,23-24,29,32,35,38,41,44,46,48-71H2,1-5H3/b10-8-,16-14-,22-20-,27-25-,28-26-,31-30-,34-33-,37-36-,40-39-,43-42-,47-45-. The number of likely N-dealkylation sites (N-methyl/N-ethyl adjacent to an activating group) is 1. The van der Waals surface area contributed by atoms with E-state index in [1.54, 1.807) is 0 Å². The Morgan fingerprint density at radius 3 is 1.02 bits per heavy atom. The van der Waals surface area contributed by atoms with Gasteiger partial charge in [-0.2, -0.15) is 0 Å². The maximum Gasteiger partial charge on any atom is 0.306 e.